The van der Waals surface area contributed by atoms with E-state index in [4.69, 9.17) is 23.7 Å². The van der Waals surface area contributed by atoms with Crippen LogP contribution in [0.1, 0.15) is 11.1 Å². The van der Waals surface area contributed by atoms with Gasteiger partial charge in [0, 0.05) is 18.2 Å². The van der Waals surface area contributed by atoms with E-state index in [1.165, 1.54) is 0 Å². The highest BCUT2D eigenvalue weighted by atomic mass is 16.5. The van der Waals surface area contributed by atoms with Gasteiger partial charge in [-0.3, -0.25) is 4.79 Å². The topological polar surface area (TPSA) is 75.3 Å². The lowest BCUT2D eigenvalue weighted by molar-refractivity contribution is -0.120. The SMILES string of the molecule is COc1ccc(CC(=O)NCc2cc(OC)c(OC)c(OC)c2)c(OC)c1. The average Bonchev–Trinajstić information content (AvgIpc) is 2.71. The summed E-state index contributed by atoms with van der Waals surface area (Å²) >= 11 is 0. The van der Waals surface area contributed by atoms with Crippen molar-refractivity contribution in [2.75, 3.05) is 35.5 Å². The molecule has 2 aromatic carbocycles. The highest BCUT2D eigenvalue weighted by molar-refractivity contribution is 5.79. The van der Waals surface area contributed by atoms with Crippen LogP contribution in [-0.4, -0.2) is 41.5 Å². The van der Waals surface area contributed by atoms with Crippen LogP contribution in [0.4, 0.5) is 0 Å². The molecule has 0 atom stereocenters. The van der Waals surface area contributed by atoms with Crippen LogP contribution in [0.25, 0.3) is 0 Å². The van der Waals surface area contributed by atoms with E-state index in [2.05, 4.69) is 5.32 Å². The lowest BCUT2D eigenvalue weighted by Gasteiger charge is -2.15. The summed E-state index contributed by atoms with van der Waals surface area (Å²) in [5.41, 5.74) is 1.61. The van der Waals surface area contributed by atoms with Gasteiger partial charge in [0.25, 0.3) is 0 Å². The predicted octanol–water partition coefficient (Wildman–Crippen LogP) is 2.59. The van der Waals surface area contributed by atoms with Gasteiger partial charge in [-0.25, -0.2) is 0 Å². The van der Waals surface area contributed by atoms with Crippen molar-refractivity contribution in [3.05, 3.63) is 41.5 Å². The molecule has 0 saturated carbocycles. The van der Waals surface area contributed by atoms with Crippen LogP contribution in [0.15, 0.2) is 30.3 Å². The monoisotopic (exact) mass is 375 g/mol. The van der Waals surface area contributed by atoms with Crippen molar-refractivity contribution < 1.29 is 28.5 Å². The van der Waals surface area contributed by atoms with Crippen LogP contribution in [0.3, 0.4) is 0 Å². The lowest BCUT2D eigenvalue weighted by atomic mass is 10.1. The van der Waals surface area contributed by atoms with Gasteiger partial charge >= 0.3 is 0 Å². The number of ether oxygens (including phenoxy) is 5. The Bertz CT molecular complexity index is 765. The van der Waals surface area contributed by atoms with Gasteiger partial charge in [0.2, 0.25) is 11.7 Å². The summed E-state index contributed by atoms with van der Waals surface area (Å²) < 4.78 is 26.5. The molecule has 7 nitrogen and oxygen atoms in total. The molecule has 0 heterocycles. The van der Waals surface area contributed by atoms with Crippen molar-refractivity contribution in [1.82, 2.24) is 5.32 Å². The average molecular weight is 375 g/mol. The number of hydrogen-bond donors (Lipinski definition) is 1. The first-order valence-corrected chi connectivity index (χ1v) is 8.32. The molecule has 2 rings (SSSR count). The Morgan fingerprint density at radius 3 is 1.96 bits per heavy atom. The number of amides is 1. The Hall–Kier alpha value is -3.09. The zero-order valence-corrected chi connectivity index (χ0v) is 16.3. The Balaban J connectivity index is 2.08. The molecule has 0 aliphatic carbocycles. The minimum atomic E-state index is -0.132. The van der Waals surface area contributed by atoms with Gasteiger partial charge in [-0.15, -0.1) is 0 Å². The molecule has 0 radical (unpaired) electrons. The van der Waals surface area contributed by atoms with Crippen molar-refractivity contribution in [2.45, 2.75) is 13.0 Å². The smallest absolute Gasteiger partial charge is 0.224 e. The quantitative estimate of drug-likeness (QED) is 0.726. The van der Waals surface area contributed by atoms with E-state index in [1.807, 2.05) is 6.07 Å². The molecule has 7 heteroatoms. The highest BCUT2D eigenvalue weighted by Gasteiger charge is 2.14. The Morgan fingerprint density at radius 1 is 0.815 bits per heavy atom. The minimum Gasteiger partial charge on any atom is -0.497 e. The summed E-state index contributed by atoms with van der Waals surface area (Å²) in [6.45, 7) is 0.327. The van der Waals surface area contributed by atoms with Crippen molar-refractivity contribution in [3.63, 3.8) is 0 Å². The molecule has 146 valence electrons. The van der Waals surface area contributed by atoms with Gasteiger partial charge in [0.1, 0.15) is 11.5 Å². The zero-order chi connectivity index (χ0) is 19.8. The Morgan fingerprint density at radius 2 is 1.44 bits per heavy atom. The van der Waals surface area contributed by atoms with Crippen molar-refractivity contribution in [1.29, 1.82) is 0 Å². The Labute approximate surface area is 159 Å². The first-order chi connectivity index (χ1) is 13.1. The van der Waals surface area contributed by atoms with E-state index < -0.39 is 0 Å². The third-order valence-corrected chi connectivity index (χ3v) is 4.06. The zero-order valence-electron chi connectivity index (χ0n) is 16.3. The summed E-state index contributed by atoms with van der Waals surface area (Å²) in [6.07, 6.45) is 0.192. The summed E-state index contributed by atoms with van der Waals surface area (Å²) in [7, 11) is 7.79. The number of carbonyl (C=O) groups is 1. The molecule has 0 saturated heterocycles. The molecule has 0 aliphatic rings. The van der Waals surface area contributed by atoms with Crippen LogP contribution >= 0.6 is 0 Å². The summed E-state index contributed by atoms with van der Waals surface area (Å²) in [6, 6.07) is 8.97. The second kappa shape index (κ2) is 9.56. The van der Waals surface area contributed by atoms with E-state index >= 15 is 0 Å². The molecule has 27 heavy (non-hydrogen) atoms. The molecule has 0 spiro atoms. The fraction of sp³-hybridized carbons (Fsp3) is 0.350. The van der Waals surface area contributed by atoms with Gasteiger partial charge in [-0.1, -0.05) is 6.07 Å². The normalized spacial score (nSPS) is 10.1. The Kier molecular flexibility index (Phi) is 7.16. The summed E-state index contributed by atoms with van der Waals surface area (Å²) in [5.74, 6) is 2.74. The molecular weight excluding hydrogens is 350 g/mol. The summed E-state index contributed by atoms with van der Waals surface area (Å²) in [4.78, 5) is 12.4. The first-order valence-electron chi connectivity index (χ1n) is 8.32. The van der Waals surface area contributed by atoms with Gasteiger partial charge in [-0.05, 0) is 23.8 Å². The van der Waals surface area contributed by atoms with Crippen LogP contribution < -0.4 is 29.0 Å². The van der Waals surface area contributed by atoms with Gasteiger partial charge in [-0.2, -0.15) is 0 Å². The second-order valence-corrected chi connectivity index (χ2v) is 5.66. The summed E-state index contributed by atoms with van der Waals surface area (Å²) in [5, 5.41) is 2.89. The maximum atomic E-state index is 12.4. The third-order valence-electron chi connectivity index (χ3n) is 4.06. The molecule has 2 aromatic rings. The molecular formula is C20H25NO6. The van der Waals surface area contributed by atoms with Gasteiger partial charge < -0.3 is 29.0 Å². The van der Waals surface area contributed by atoms with Crippen molar-refractivity contribution in [2.24, 2.45) is 0 Å². The van der Waals surface area contributed by atoms with Crippen LogP contribution in [0, 0.1) is 0 Å². The number of nitrogens with one attached hydrogen (secondary N) is 1. The maximum Gasteiger partial charge on any atom is 0.224 e. The van der Waals surface area contributed by atoms with Crippen LogP contribution in [0.2, 0.25) is 0 Å². The van der Waals surface area contributed by atoms with E-state index in [1.54, 1.807) is 59.8 Å². The van der Waals surface area contributed by atoms with E-state index in [9.17, 15) is 4.79 Å². The van der Waals surface area contributed by atoms with Gasteiger partial charge in [0.05, 0.1) is 42.0 Å². The van der Waals surface area contributed by atoms with Gasteiger partial charge in [0.15, 0.2) is 11.5 Å². The number of hydrogen-bond acceptors (Lipinski definition) is 6. The molecule has 0 bridgehead atoms. The molecule has 1 amide bonds. The molecule has 1 N–H and O–H groups in total. The maximum absolute atomic E-state index is 12.4. The standard InChI is InChI=1S/C20H25NO6/c1-23-15-7-6-14(16(11-15)24-2)10-19(22)21-12-13-8-17(25-3)20(27-5)18(9-13)26-4/h6-9,11H,10,12H2,1-5H3,(H,21,22). The van der Waals surface area contributed by atoms with Crippen LogP contribution in [-0.2, 0) is 17.8 Å². The molecule has 0 unspecified atom stereocenters. The first kappa shape index (κ1) is 20.2. The predicted molar refractivity (Wildman–Crippen MR) is 101 cm³/mol. The molecule has 0 aromatic heterocycles. The van der Waals surface area contributed by atoms with Crippen molar-refractivity contribution in [3.8, 4) is 28.7 Å². The molecule has 0 aliphatic heterocycles. The highest BCUT2D eigenvalue weighted by Crippen LogP contribution is 2.38. The van der Waals surface area contributed by atoms with Crippen molar-refractivity contribution >= 4 is 5.91 Å². The molecule has 0 fully saturated rings. The number of methoxy groups -OCH3 is 5. The van der Waals surface area contributed by atoms with E-state index in [-0.39, 0.29) is 12.3 Å². The third kappa shape index (κ3) is 4.97. The van der Waals surface area contributed by atoms with E-state index in [0.717, 1.165) is 11.1 Å². The number of rotatable bonds is 9. The van der Waals surface area contributed by atoms with E-state index in [0.29, 0.717) is 35.3 Å². The largest absolute Gasteiger partial charge is 0.497 e. The fourth-order valence-corrected chi connectivity index (χ4v) is 2.67. The second-order valence-electron chi connectivity index (χ2n) is 5.66. The fourth-order valence-electron chi connectivity index (χ4n) is 2.67. The van der Waals surface area contributed by atoms with Crippen LogP contribution in [0.5, 0.6) is 28.7 Å². The minimum absolute atomic E-state index is 0.132. The lowest BCUT2D eigenvalue weighted by Crippen LogP contribution is -2.24. The number of benzene rings is 2. The number of carbonyl (C=O) groups excluding carboxylic acids is 1.